The highest BCUT2D eigenvalue weighted by molar-refractivity contribution is 5.76. The van der Waals surface area contributed by atoms with Crippen LogP contribution in [0.5, 0.6) is 5.75 Å². The number of nitrogens with zero attached hydrogens (tertiary/aromatic N) is 4. The van der Waals surface area contributed by atoms with Crippen molar-refractivity contribution in [2.75, 3.05) is 38.2 Å². The number of ether oxygens (including phenoxy) is 1. The van der Waals surface area contributed by atoms with Crippen molar-refractivity contribution in [3.05, 3.63) is 76.8 Å². The van der Waals surface area contributed by atoms with Gasteiger partial charge >= 0.3 is 0 Å². The molecular formula is C24H25FN4O3. The number of hydrogen-bond acceptors (Lipinski definition) is 5. The minimum atomic E-state index is -0.334. The molecule has 1 aromatic heterocycles. The minimum absolute atomic E-state index is 0.000246. The lowest BCUT2D eigenvalue weighted by Crippen LogP contribution is -2.49. The molecule has 3 aromatic rings. The summed E-state index contributed by atoms with van der Waals surface area (Å²) in [6.07, 6.45) is 0.197. The molecular weight excluding hydrogens is 411 g/mol. The molecule has 0 atom stereocenters. The summed E-state index contributed by atoms with van der Waals surface area (Å²) in [5, 5.41) is 4.35. The Hall–Kier alpha value is -3.68. The Morgan fingerprint density at radius 2 is 1.66 bits per heavy atom. The number of rotatable bonds is 6. The van der Waals surface area contributed by atoms with Gasteiger partial charge in [0.1, 0.15) is 11.6 Å². The van der Waals surface area contributed by atoms with Gasteiger partial charge in [0.25, 0.3) is 5.56 Å². The molecule has 1 aliphatic rings. The quantitative estimate of drug-likeness (QED) is 0.595. The maximum Gasteiger partial charge on any atom is 0.266 e. The molecule has 1 saturated heterocycles. The number of hydrogen-bond donors (Lipinski definition) is 0. The van der Waals surface area contributed by atoms with E-state index in [2.05, 4.69) is 10.00 Å². The zero-order valence-corrected chi connectivity index (χ0v) is 17.9. The van der Waals surface area contributed by atoms with Crippen LogP contribution in [-0.2, 0) is 11.3 Å². The number of amides is 1. The molecule has 32 heavy (non-hydrogen) atoms. The standard InChI is InChI=1S/C24H25FN4O3/c1-32-21-8-6-20(7-9-21)27-14-16-28(17-15-27)23(30)12-13-29-24(31)11-10-22(26-29)18-2-4-19(25)5-3-18/h2-11H,12-17H2,1H3. The summed E-state index contributed by atoms with van der Waals surface area (Å²) in [5.41, 5.74) is 2.10. The van der Waals surface area contributed by atoms with Crippen LogP contribution < -0.4 is 15.2 Å². The van der Waals surface area contributed by atoms with Gasteiger partial charge in [-0.25, -0.2) is 9.07 Å². The Kier molecular flexibility index (Phi) is 6.49. The second kappa shape index (κ2) is 9.64. The van der Waals surface area contributed by atoms with Gasteiger partial charge < -0.3 is 14.5 Å². The van der Waals surface area contributed by atoms with Crippen molar-refractivity contribution in [2.24, 2.45) is 0 Å². The molecule has 1 amide bonds. The average molecular weight is 436 g/mol. The zero-order valence-electron chi connectivity index (χ0n) is 17.9. The van der Waals surface area contributed by atoms with E-state index >= 15 is 0 Å². The normalized spacial score (nSPS) is 13.8. The van der Waals surface area contributed by atoms with Gasteiger partial charge in [-0.1, -0.05) is 0 Å². The Morgan fingerprint density at radius 3 is 2.31 bits per heavy atom. The maximum absolute atomic E-state index is 13.2. The number of aryl methyl sites for hydroxylation is 1. The van der Waals surface area contributed by atoms with Crippen molar-refractivity contribution >= 4 is 11.6 Å². The summed E-state index contributed by atoms with van der Waals surface area (Å²) in [4.78, 5) is 29.0. The van der Waals surface area contributed by atoms with E-state index in [4.69, 9.17) is 4.74 Å². The minimum Gasteiger partial charge on any atom is -0.497 e. The third-order valence-corrected chi connectivity index (χ3v) is 5.61. The summed E-state index contributed by atoms with van der Waals surface area (Å²) in [5.74, 6) is 0.481. The molecule has 0 aliphatic carbocycles. The van der Waals surface area contributed by atoms with Crippen molar-refractivity contribution < 1.29 is 13.9 Å². The molecule has 0 saturated carbocycles. The predicted molar refractivity (Wildman–Crippen MR) is 120 cm³/mol. The molecule has 4 rings (SSSR count). The van der Waals surface area contributed by atoms with Gasteiger partial charge in [-0.3, -0.25) is 9.59 Å². The van der Waals surface area contributed by atoms with Crippen LogP contribution in [0, 0.1) is 5.82 Å². The lowest BCUT2D eigenvalue weighted by Gasteiger charge is -2.36. The number of carbonyl (C=O) groups excluding carboxylic acids is 1. The number of halogens is 1. The molecule has 166 valence electrons. The summed E-state index contributed by atoms with van der Waals surface area (Å²) in [7, 11) is 1.64. The highest BCUT2D eigenvalue weighted by Crippen LogP contribution is 2.21. The average Bonchev–Trinajstić information content (AvgIpc) is 2.84. The number of methoxy groups -OCH3 is 1. The van der Waals surface area contributed by atoms with Crippen molar-refractivity contribution in [2.45, 2.75) is 13.0 Å². The highest BCUT2D eigenvalue weighted by atomic mass is 19.1. The Labute approximate surface area is 185 Å². The largest absolute Gasteiger partial charge is 0.497 e. The Bertz CT molecular complexity index is 1120. The van der Waals surface area contributed by atoms with Crippen LogP contribution in [0.2, 0.25) is 0 Å². The first-order valence-corrected chi connectivity index (χ1v) is 10.5. The third kappa shape index (κ3) is 4.96. The summed E-state index contributed by atoms with van der Waals surface area (Å²) in [6, 6.07) is 16.8. The summed E-state index contributed by atoms with van der Waals surface area (Å²) >= 11 is 0. The van der Waals surface area contributed by atoms with Gasteiger partial charge in [-0.2, -0.15) is 5.10 Å². The predicted octanol–water partition coefficient (Wildman–Crippen LogP) is 2.80. The van der Waals surface area contributed by atoms with Gasteiger partial charge in [0.15, 0.2) is 0 Å². The number of benzene rings is 2. The summed E-state index contributed by atoms with van der Waals surface area (Å²) < 4.78 is 19.7. The molecule has 2 heterocycles. The fraction of sp³-hybridized carbons (Fsp3) is 0.292. The maximum atomic E-state index is 13.2. The van der Waals surface area contributed by atoms with E-state index in [0.29, 0.717) is 24.3 Å². The van der Waals surface area contributed by atoms with E-state index in [1.54, 1.807) is 25.3 Å². The van der Waals surface area contributed by atoms with E-state index < -0.39 is 0 Å². The summed E-state index contributed by atoms with van der Waals surface area (Å²) in [6.45, 7) is 2.95. The van der Waals surface area contributed by atoms with Crippen molar-refractivity contribution in [1.29, 1.82) is 0 Å². The van der Waals surface area contributed by atoms with Crippen LogP contribution in [-0.4, -0.2) is 53.9 Å². The van der Waals surface area contributed by atoms with E-state index in [1.165, 1.54) is 22.9 Å². The topological polar surface area (TPSA) is 67.7 Å². The van der Waals surface area contributed by atoms with Crippen LogP contribution in [0.3, 0.4) is 0 Å². The van der Waals surface area contributed by atoms with E-state index in [1.807, 2.05) is 29.2 Å². The molecule has 0 radical (unpaired) electrons. The highest BCUT2D eigenvalue weighted by Gasteiger charge is 2.21. The third-order valence-electron chi connectivity index (χ3n) is 5.61. The van der Waals surface area contributed by atoms with E-state index in [9.17, 15) is 14.0 Å². The van der Waals surface area contributed by atoms with Crippen LogP contribution >= 0.6 is 0 Å². The molecule has 2 aromatic carbocycles. The van der Waals surface area contributed by atoms with E-state index in [0.717, 1.165) is 24.5 Å². The smallest absolute Gasteiger partial charge is 0.266 e. The number of anilines is 1. The molecule has 7 nitrogen and oxygen atoms in total. The monoisotopic (exact) mass is 436 g/mol. The van der Waals surface area contributed by atoms with Crippen LogP contribution in [0.25, 0.3) is 11.3 Å². The molecule has 0 unspecified atom stereocenters. The molecule has 0 spiro atoms. The lowest BCUT2D eigenvalue weighted by atomic mass is 10.1. The lowest BCUT2D eigenvalue weighted by molar-refractivity contribution is -0.131. The number of carbonyl (C=O) groups is 1. The van der Waals surface area contributed by atoms with E-state index in [-0.39, 0.29) is 30.2 Å². The molecule has 8 heteroatoms. The first kappa shape index (κ1) is 21.5. The van der Waals surface area contributed by atoms with Crippen molar-refractivity contribution in [3.8, 4) is 17.0 Å². The van der Waals surface area contributed by atoms with Crippen molar-refractivity contribution in [1.82, 2.24) is 14.7 Å². The Balaban J connectivity index is 1.33. The number of aromatic nitrogens is 2. The fourth-order valence-electron chi connectivity index (χ4n) is 3.75. The first-order valence-electron chi connectivity index (χ1n) is 10.5. The second-order valence-corrected chi connectivity index (χ2v) is 7.60. The van der Waals surface area contributed by atoms with Crippen molar-refractivity contribution in [3.63, 3.8) is 0 Å². The van der Waals surface area contributed by atoms with Gasteiger partial charge in [-0.05, 0) is 54.6 Å². The number of piperazine rings is 1. The molecule has 1 aliphatic heterocycles. The zero-order chi connectivity index (χ0) is 22.5. The molecule has 0 N–H and O–H groups in total. The van der Waals surface area contributed by atoms with Crippen LogP contribution in [0.4, 0.5) is 10.1 Å². The van der Waals surface area contributed by atoms with Gasteiger partial charge in [0.05, 0.1) is 19.3 Å². The van der Waals surface area contributed by atoms with Gasteiger partial charge in [-0.15, -0.1) is 0 Å². The molecule has 1 fully saturated rings. The second-order valence-electron chi connectivity index (χ2n) is 7.60. The molecule has 0 bridgehead atoms. The first-order chi connectivity index (χ1) is 15.5. The van der Waals surface area contributed by atoms with Crippen LogP contribution in [0.1, 0.15) is 6.42 Å². The van der Waals surface area contributed by atoms with Crippen LogP contribution in [0.15, 0.2) is 65.5 Å². The van der Waals surface area contributed by atoms with Gasteiger partial charge in [0, 0.05) is 49.9 Å². The SMILES string of the molecule is COc1ccc(N2CCN(C(=O)CCn3nc(-c4ccc(F)cc4)ccc3=O)CC2)cc1. The van der Waals surface area contributed by atoms with Gasteiger partial charge in [0.2, 0.25) is 5.91 Å². The Morgan fingerprint density at radius 1 is 0.969 bits per heavy atom. The fourth-order valence-corrected chi connectivity index (χ4v) is 3.75.